The van der Waals surface area contributed by atoms with E-state index in [4.69, 9.17) is 5.41 Å². The van der Waals surface area contributed by atoms with Crippen LogP contribution in [0.1, 0.15) is 22.8 Å². The number of hydrogen-bond donors (Lipinski definition) is 2. The lowest BCUT2D eigenvalue weighted by Crippen LogP contribution is -2.29. The van der Waals surface area contributed by atoms with Gasteiger partial charge in [-0.05, 0) is 24.0 Å². The molecular weight excluding hydrogens is 284 g/mol. The monoisotopic (exact) mass is 294 g/mol. The lowest BCUT2D eigenvalue weighted by atomic mass is 10.1. The largest absolute Gasteiger partial charge is 0.416 e. The molecule has 3 nitrogen and oxygen atoms in total. The number of hydrogen-bond acceptors (Lipinski definition) is 3. The highest BCUT2D eigenvalue weighted by Gasteiger charge is 2.32. The van der Waals surface area contributed by atoms with Crippen molar-refractivity contribution in [1.29, 1.82) is 5.41 Å². The predicted octanol–water partition coefficient (Wildman–Crippen LogP) is 3.26. The summed E-state index contributed by atoms with van der Waals surface area (Å²) >= 11 is 0.977. The second-order valence-corrected chi connectivity index (χ2v) is 4.68. The highest BCUT2D eigenvalue weighted by atomic mass is 32.2. The first kappa shape index (κ1) is 15.5. The van der Waals surface area contributed by atoms with Crippen LogP contribution in [0, 0.1) is 11.2 Å². The zero-order chi connectivity index (χ0) is 14.6. The van der Waals surface area contributed by atoms with E-state index in [-0.39, 0.29) is 5.17 Å². The van der Waals surface area contributed by atoms with E-state index in [1.165, 1.54) is 0 Å². The van der Waals surface area contributed by atoms with Gasteiger partial charge in [-0.1, -0.05) is 18.7 Å². The van der Waals surface area contributed by atoms with Crippen LogP contribution in [0.25, 0.3) is 0 Å². The van der Waals surface area contributed by atoms with Crippen molar-refractivity contribution in [3.8, 4) is 0 Å². The van der Waals surface area contributed by atoms with Crippen molar-refractivity contribution in [1.82, 2.24) is 5.32 Å². The Morgan fingerprint density at radius 1 is 1.42 bits per heavy atom. The van der Waals surface area contributed by atoms with E-state index in [0.29, 0.717) is 24.0 Å². The van der Waals surface area contributed by atoms with Gasteiger partial charge in [-0.15, -0.1) is 0 Å². The Balaban J connectivity index is 2.99. The topological polar surface area (TPSA) is 53.0 Å². The molecule has 8 heteroatoms. The van der Waals surface area contributed by atoms with Crippen molar-refractivity contribution >= 4 is 22.8 Å². The van der Waals surface area contributed by atoms with E-state index in [1.807, 2.05) is 5.32 Å². The summed E-state index contributed by atoms with van der Waals surface area (Å²) < 4.78 is 50.7. The molecule has 0 aliphatic heterocycles. The van der Waals surface area contributed by atoms with Gasteiger partial charge in [-0.25, -0.2) is 4.39 Å². The minimum Gasteiger partial charge on any atom is -0.301 e. The predicted molar refractivity (Wildman–Crippen MR) is 64.7 cm³/mol. The molecule has 0 fully saturated rings. The highest BCUT2D eigenvalue weighted by molar-refractivity contribution is 8.13. The molecule has 0 saturated heterocycles. The van der Waals surface area contributed by atoms with Gasteiger partial charge in [0.1, 0.15) is 5.82 Å². The summed E-state index contributed by atoms with van der Waals surface area (Å²) in [7, 11) is 0. The van der Waals surface area contributed by atoms with Crippen LogP contribution < -0.4 is 5.32 Å². The molecular formula is C11H10F4N2OS. The summed E-state index contributed by atoms with van der Waals surface area (Å²) in [4.78, 5) is 11.6. The fourth-order valence-corrected chi connectivity index (χ4v) is 1.68. The molecule has 0 heterocycles. The van der Waals surface area contributed by atoms with E-state index in [1.54, 1.807) is 6.92 Å². The molecule has 0 aromatic heterocycles. The SMILES string of the molecule is CCSC(=N)NC(=O)c1cc(C(F)(F)F)ccc1F. The van der Waals surface area contributed by atoms with Gasteiger partial charge < -0.3 is 5.32 Å². The molecule has 0 saturated carbocycles. The summed E-state index contributed by atoms with van der Waals surface area (Å²) in [5, 5.41) is 9.07. The number of rotatable bonds is 2. The molecule has 0 spiro atoms. The Morgan fingerprint density at radius 2 is 2.05 bits per heavy atom. The molecule has 2 N–H and O–H groups in total. The Hall–Kier alpha value is -1.57. The van der Waals surface area contributed by atoms with Crippen LogP contribution in [0.4, 0.5) is 17.6 Å². The molecule has 104 valence electrons. The molecule has 0 aliphatic carbocycles. The van der Waals surface area contributed by atoms with Crippen molar-refractivity contribution in [2.75, 3.05) is 5.75 Å². The number of halogens is 4. The number of thioether (sulfide) groups is 1. The second kappa shape index (κ2) is 6.05. The van der Waals surface area contributed by atoms with Gasteiger partial charge in [-0.2, -0.15) is 13.2 Å². The minimum absolute atomic E-state index is 0.246. The third-order valence-corrected chi connectivity index (χ3v) is 2.73. The third-order valence-electron chi connectivity index (χ3n) is 2.05. The van der Waals surface area contributed by atoms with Crippen LogP contribution in [-0.4, -0.2) is 16.8 Å². The van der Waals surface area contributed by atoms with E-state index < -0.39 is 29.0 Å². The summed E-state index contributed by atoms with van der Waals surface area (Å²) in [6.45, 7) is 1.73. The van der Waals surface area contributed by atoms with Gasteiger partial charge in [0.05, 0.1) is 11.1 Å². The van der Waals surface area contributed by atoms with E-state index in [0.717, 1.165) is 11.8 Å². The third kappa shape index (κ3) is 4.23. The van der Waals surface area contributed by atoms with Gasteiger partial charge in [0.15, 0.2) is 5.17 Å². The molecule has 0 aliphatic rings. The summed E-state index contributed by atoms with van der Waals surface area (Å²) in [6, 6.07) is 1.56. The Bertz CT molecular complexity index is 502. The van der Waals surface area contributed by atoms with Gasteiger partial charge >= 0.3 is 6.18 Å². The first-order valence-electron chi connectivity index (χ1n) is 5.15. The van der Waals surface area contributed by atoms with Gasteiger partial charge in [0, 0.05) is 0 Å². The average molecular weight is 294 g/mol. The molecule has 0 bridgehead atoms. The van der Waals surface area contributed by atoms with Gasteiger partial charge in [0.2, 0.25) is 0 Å². The van der Waals surface area contributed by atoms with Crippen LogP contribution in [0.2, 0.25) is 0 Å². The van der Waals surface area contributed by atoms with Crippen LogP contribution in [0.3, 0.4) is 0 Å². The number of amidine groups is 1. The van der Waals surface area contributed by atoms with Crippen LogP contribution in [0.5, 0.6) is 0 Å². The highest BCUT2D eigenvalue weighted by Crippen LogP contribution is 2.30. The number of alkyl halides is 3. The fraction of sp³-hybridized carbons (Fsp3) is 0.273. The quantitative estimate of drug-likeness (QED) is 0.500. The number of nitrogens with one attached hydrogen (secondary N) is 2. The van der Waals surface area contributed by atoms with Crippen LogP contribution >= 0.6 is 11.8 Å². The fourth-order valence-electron chi connectivity index (χ4n) is 1.23. The molecule has 0 radical (unpaired) electrons. The Kier molecular flexibility index (Phi) is 4.93. The maximum Gasteiger partial charge on any atom is 0.416 e. The van der Waals surface area contributed by atoms with Crippen molar-refractivity contribution in [3.63, 3.8) is 0 Å². The molecule has 0 unspecified atom stereocenters. The molecule has 1 aromatic rings. The molecule has 0 atom stereocenters. The Labute approximate surface area is 110 Å². The zero-order valence-electron chi connectivity index (χ0n) is 9.77. The molecule has 1 rings (SSSR count). The maximum absolute atomic E-state index is 13.3. The van der Waals surface area contributed by atoms with Crippen molar-refractivity contribution in [2.45, 2.75) is 13.1 Å². The minimum atomic E-state index is -4.66. The Morgan fingerprint density at radius 3 is 2.58 bits per heavy atom. The van der Waals surface area contributed by atoms with Crippen molar-refractivity contribution < 1.29 is 22.4 Å². The second-order valence-electron chi connectivity index (χ2n) is 3.41. The van der Waals surface area contributed by atoms with E-state index in [9.17, 15) is 22.4 Å². The summed E-state index contributed by atoms with van der Waals surface area (Å²) in [6.07, 6.45) is -4.66. The van der Waals surface area contributed by atoms with Crippen LogP contribution in [-0.2, 0) is 6.18 Å². The van der Waals surface area contributed by atoms with Gasteiger partial charge in [-0.3, -0.25) is 10.2 Å². The normalized spacial score (nSPS) is 11.2. The first-order valence-corrected chi connectivity index (χ1v) is 6.13. The van der Waals surface area contributed by atoms with E-state index >= 15 is 0 Å². The summed E-state index contributed by atoms with van der Waals surface area (Å²) in [5.74, 6) is -1.64. The van der Waals surface area contributed by atoms with Crippen molar-refractivity contribution in [2.24, 2.45) is 0 Å². The first-order chi connectivity index (χ1) is 8.75. The molecule has 1 aromatic carbocycles. The lowest BCUT2D eigenvalue weighted by Gasteiger charge is -2.10. The maximum atomic E-state index is 13.3. The average Bonchev–Trinajstić information content (AvgIpc) is 2.27. The molecule has 19 heavy (non-hydrogen) atoms. The number of benzene rings is 1. The summed E-state index contributed by atoms with van der Waals surface area (Å²) in [5.41, 5.74) is -1.86. The van der Waals surface area contributed by atoms with Crippen LogP contribution in [0.15, 0.2) is 18.2 Å². The van der Waals surface area contributed by atoms with E-state index in [2.05, 4.69) is 0 Å². The van der Waals surface area contributed by atoms with Gasteiger partial charge in [0.25, 0.3) is 5.91 Å². The number of carbonyl (C=O) groups excluding carboxylic acids is 1. The lowest BCUT2D eigenvalue weighted by molar-refractivity contribution is -0.137. The van der Waals surface area contributed by atoms with Crippen molar-refractivity contribution in [3.05, 3.63) is 35.1 Å². The molecule has 1 amide bonds. The standard InChI is InChI=1S/C11H10F4N2OS/c1-2-19-10(16)17-9(18)7-5-6(11(13,14)15)3-4-8(7)12/h3-5H,2H2,1H3,(H2,16,17,18). The smallest absolute Gasteiger partial charge is 0.301 e. The number of amides is 1. The zero-order valence-corrected chi connectivity index (χ0v) is 10.6. The number of carbonyl (C=O) groups is 1.